The molecule has 3 rings (SSSR count). The predicted octanol–water partition coefficient (Wildman–Crippen LogP) is 2.59. The second-order valence-electron chi connectivity index (χ2n) is 4.81. The minimum absolute atomic E-state index is 0.199. The van der Waals surface area contributed by atoms with Crippen LogP contribution >= 0.6 is 0 Å². The lowest BCUT2D eigenvalue weighted by atomic mass is 9.91. The van der Waals surface area contributed by atoms with E-state index in [4.69, 9.17) is 10.5 Å². The fourth-order valence-corrected chi connectivity index (χ4v) is 3.00. The summed E-state index contributed by atoms with van der Waals surface area (Å²) in [5.41, 5.74) is 11.5. The van der Waals surface area contributed by atoms with Crippen LogP contribution < -0.4 is 10.5 Å². The lowest BCUT2D eigenvalue weighted by molar-refractivity contribution is 0.412. The third kappa shape index (κ3) is 1.46. The number of hydrogen-bond donors (Lipinski definition) is 1. The Bertz CT molecular complexity index is 571. The molecule has 2 heterocycles. The van der Waals surface area contributed by atoms with Gasteiger partial charge in [0.05, 0.1) is 13.3 Å². The Morgan fingerprint density at radius 3 is 3.00 bits per heavy atom. The smallest absolute Gasteiger partial charge is 0.135 e. The van der Waals surface area contributed by atoms with Crippen LogP contribution in [0.5, 0.6) is 5.75 Å². The van der Waals surface area contributed by atoms with E-state index in [1.165, 1.54) is 28.8 Å². The maximum absolute atomic E-state index is 6.24. The quantitative estimate of drug-likeness (QED) is 0.818. The van der Waals surface area contributed by atoms with Gasteiger partial charge in [-0.2, -0.15) is 0 Å². The Morgan fingerprint density at radius 1 is 1.41 bits per heavy atom. The third-order valence-electron chi connectivity index (χ3n) is 3.85. The van der Waals surface area contributed by atoms with Crippen molar-refractivity contribution < 1.29 is 4.74 Å². The Morgan fingerprint density at radius 2 is 2.24 bits per heavy atom. The first kappa shape index (κ1) is 10.7. The van der Waals surface area contributed by atoms with Gasteiger partial charge < -0.3 is 14.9 Å². The van der Waals surface area contributed by atoms with E-state index in [0.717, 1.165) is 18.6 Å². The maximum atomic E-state index is 6.24. The molecule has 0 amide bonds. The summed E-state index contributed by atoms with van der Waals surface area (Å²) in [5, 5.41) is 0. The third-order valence-corrected chi connectivity index (χ3v) is 3.85. The number of aromatic nitrogens is 1. The number of pyridine rings is 1. The van der Waals surface area contributed by atoms with Crippen LogP contribution in [-0.2, 0) is 6.42 Å². The topological polar surface area (TPSA) is 39.7 Å². The van der Waals surface area contributed by atoms with Crippen molar-refractivity contribution in [1.82, 2.24) is 4.40 Å². The van der Waals surface area contributed by atoms with Crippen molar-refractivity contribution in [1.29, 1.82) is 0 Å². The lowest BCUT2D eigenvalue weighted by Gasteiger charge is -2.20. The van der Waals surface area contributed by atoms with Crippen LogP contribution in [0.15, 0.2) is 18.3 Å². The molecule has 0 bridgehead atoms. The average molecular weight is 230 g/mol. The second-order valence-corrected chi connectivity index (χ2v) is 4.81. The van der Waals surface area contributed by atoms with Crippen LogP contribution in [0.1, 0.15) is 35.7 Å². The number of rotatable bonds is 1. The van der Waals surface area contributed by atoms with E-state index in [2.05, 4.69) is 23.6 Å². The summed E-state index contributed by atoms with van der Waals surface area (Å²) in [6.45, 7) is 2.17. The number of aryl methyl sites for hydroxylation is 2. The summed E-state index contributed by atoms with van der Waals surface area (Å²) in [6.07, 6.45) is 5.46. The highest BCUT2D eigenvalue weighted by Gasteiger charge is 2.24. The average Bonchev–Trinajstić information content (AvgIpc) is 2.64. The summed E-state index contributed by atoms with van der Waals surface area (Å²) in [4.78, 5) is 0. The lowest BCUT2D eigenvalue weighted by Crippen LogP contribution is -2.17. The molecule has 0 aliphatic heterocycles. The largest absolute Gasteiger partial charge is 0.495 e. The standard InChI is InChI=1S/C14H18N2O/c1-9-12-7-6-10(17-2)8-16(12)13-5-3-4-11(15)14(9)13/h6-8,11H,3-5,15H2,1-2H3. The van der Waals surface area contributed by atoms with E-state index in [1.54, 1.807) is 7.11 Å². The van der Waals surface area contributed by atoms with E-state index >= 15 is 0 Å². The van der Waals surface area contributed by atoms with Gasteiger partial charge in [-0.3, -0.25) is 0 Å². The van der Waals surface area contributed by atoms with Gasteiger partial charge in [0.25, 0.3) is 0 Å². The van der Waals surface area contributed by atoms with Crippen molar-refractivity contribution in [2.45, 2.75) is 32.2 Å². The van der Waals surface area contributed by atoms with E-state index < -0.39 is 0 Å². The molecule has 1 aliphatic rings. The SMILES string of the molecule is COc1ccc2c(C)c3c(n2c1)CCCC3N. The molecule has 0 aromatic carbocycles. The second kappa shape index (κ2) is 3.77. The number of nitrogens with zero attached hydrogens (tertiary/aromatic N) is 1. The van der Waals surface area contributed by atoms with Crippen molar-refractivity contribution >= 4 is 5.52 Å². The minimum atomic E-state index is 0.199. The first-order chi connectivity index (χ1) is 8.22. The van der Waals surface area contributed by atoms with Gasteiger partial charge in [-0.05, 0) is 49.4 Å². The molecule has 17 heavy (non-hydrogen) atoms. The number of fused-ring (bicyclic) bond motifs is 3. The Labute approximate surface area is 101 Å². The van der Waals surface area contributed by atoms with Gasteiger partial charge in [-0.1, -0.05) is 0 Å². The fourth-order valence-electron chi connectivity index (χ4n) is 3.00. The van der Waals surface area contributed by atoms with Crippen LogP contribution in [0.3, 0.4) is 0 Å². The van der Waals surface area contributed by atoms with Crippen molar-refractivity contribution in [2.75, 3.05) is 7.11 Å². The summed E-state index contributed by atoms with van der Waals surface area (Å²) in [5.74, 6) is 0.898. The Kier molecular flexibility index (Phi) is 2.37. The molecule has 3 heteroatoms. The molecule has 0 saturated carbocycles. The molecule has 1 aliphatic carbocycles. The van der Waals surface area contributed by atoms with Gasteiger partial charge in [0.1, 0.15) is 5.75 Å². The highest BCUT2D eigenvalue weighted by molar-refractivity contribution is 5.63. The summed E-state index contributed by atoms with van der Waals surface area (Å²) in [6, 6.07) is 4.34. The monoisotopic (exact) mass is 230 g/mol. The van der Waals surface area contributed by atoms with Gasteiger partial charge in [-0.25, -0.2) is 0 Å². The summed E-state index contributed by atoms with van der Waals surface area (Å²) in [7, 11) is 1.70. The van der Waals surface area contributed by atoms with Gasteiger partial charge >= 0.3 is 0 Å². The highest BCUT2D eigenvalue weighted by atomic mass is 16.5. The molecule has 0 radical (unpaired) electrons. The van der Waals surface area contributed by atoms with Gasteiger partial charge in [-0.15, -0.1) is 0 Å². The first-order valence-corrected chi connectivity index (χ1v) is 6.15. The van der Waals surface area contributed by atoms with Crippen LogP contribution in [0.4, 0.5) is 0 Å². The molecule has 0 spiro atoms. The van der Waals surface area contributed by atoms with Gasteiger partial charge in [0.15, 0.2) is 0 Å². The molecular weight excluding hydrogens is 212 g/mol. The molecule has 90 valence electrons. The maximum Gasteiger partial charge on any atom is 0.135 e. The molecule has 1 atom stereocenters. The van der Waals surface area contributed by atoms with Crippen molar-refractivity contribution in [3.05, 3.63) is 35.2 Å². The van der Waals surface area contributed by atoms with E-state index in [1.807, 2.05) is 6.07 Å². The first-order valence-electron chi connectivity index (χ1n) is 6.15. The van der Waals surface area contributed by atoms with Gasteiger partial charge in [0.2, 0.25) is 0 Å². The molecule has 1 unspecified atom stereocenters. The number of hydrogen-bond acceptors (Lipinski definition) is 2. The summed E-state index contributed by atoms with van der Waals surface area (Å²) >= 11 is 0. The zero-order valence-electron chi connectivity index (χ0n) is 10.4. The minimum Gasteiger partial charge on any atom is -0.495 e. The van der Waals surface area contributed by atoms with Crippen LogP contribution in [0.2, 0.25) is 0 Å². The molecular formula is C14H18N2O. The zero-order valence-corrected chi connectivity index (χ0v) is 10.4. The molecule has 2 aromatic rings. The van der Waals surface area contributed by atoms with Crippen LogP contribution in [0, 0.1) is 6.92 Å². The molecule has 2 aromatic heterocycles. The van der Waals surface area contributed by atoms with E-state index in [0.29, 0.717) is 0 Å². The number of methoxy groups -OCH3 is 1. The van der Waals surface area contributed by atoms with E-state index in [-0.39, 0.29) is 6.04 Å². The summed E-state index contributed by atoms with van der Waals surface area (Å²) < 4.78 is 7.55. The Balaban J connectivity index is 2.32. The number of ether oxygens (including phenoxy) is 1. The molecule has 0 saturated heterocycles. The molecule has 2 N–H and O–H groups in total. The Hall–Kier alpha value is -1.48. The highest BCUT2D eigenvalue weighted by Crippen LogP contribution is 2.35. The molecule has 3 nitrogen and oxygen atoms in total. The fraction of sp³-hybridized carbons (Fsp3) is 0.429. The van der Waals surface area contributed by atoms with Crippen LogP contribution in [-0.4, -0.2) is 11.5 Å². The zero-order chi connectivity index (χ0) is 12.0. The number of nitrogens with two attached hydrogens (primary N) is 1. The molecule has 0 fully saturated rings. The van der Waals surface area contributed by atoms with Crippen molar-refractivity contribution in [3.8, 4) is 5.75 Å². The normalized spacial score (nSPS) is 19.4. The van der Waals surface area contributed by atoms with Gasteiger partial charge in [0, 0.05) is 17.3 Å². The predicted molar refractivity (Wildman–Crippen MR) is 68.6 cm³/mol. The van der Waals surface area contributed by atoms with E-state index in [9.17, 15) is 0 Å². The van der Waals surface area contributed by atoms with Crippen molar-refractivity contribution in [3.63, 3.8) is 0 Å². The van der Waals surface area contributed by atoms with Crippen molar-refractivity contribution in [2.24, 2.45) is 5.73 Å². The van der Waals surface area contributed by atoms with Crippen LogP contribution in [0.25, 0.3) is 5.52 Å².